The molecule has 2 N–H and O–H groups in total. The molecule has 2 aromatic carbocycles. The van der Waals surface area contributed by atoms with Gasteiger partial charge in [0.2, 0.25) is 5.78 Å². The summed E-state index contributed by atoms with van der Waals surface area (Å²) in [5.74, 6) is -1.82. The van der Waals surface area contributed by atoms with Crippen molar-refractivity contribution in [2.75, 3.05) is 5.32 Å². The molecule has 0 aliphatic rings. The van der Waals surface area contributed by atoms with E-state index >= 15 is 0 Å². The maximum Gasteiger partial charge on any atom is 0.296 e. The number of anilines is 1. The molecule has 0 fully saturated rings. The number of amides is 1. The molecule has 0 atom stereocenters. The Hall–Kier alpha value is -2.88. The summed E-state index contributed by atoms with van der Waals surface area (Å²) in [5, 5.41) is 12.4. The minimum absolute atomic E-state index is 0.235. The molecule has 22 heavy (non-hydrogen) atoms. The van der Waals surface area contributed by atoms with E-state index in [0.29, 0.717) is 11.3 Å². The second-order valence-corrected chi connectivity index (χ2v) is 5.09. The largest absolute Gasteiger partial charge is 0.507 e. The second-order valence-electron chi connectivity index (χ2n) is 5.09. The van der Waals surface area contributed by atoms with Gasteiger partial charge in [0.1, 0.15) is 5.76 Å². The van der Waals surface area contributed by atoms with Gasteiger partial charge < -0.3 is 10.4 Å². The molecular weight excluding hydrogens is 278 g/mol. The van der Waals surface area contributed by atoms with Gasteiger partial charge in [0.25, 0.3) is 5.91 Å². The number of hydrogen-bond acceptors (Lipinski definition) is 3. The molecule has 0 aliphatic heterocycles. The first-order valence-electron chi connectivity index (χ1n) is 6.85. The van der Waals surface area contributed by atoms with E-state index in [9.17, 15) is 14.7 Å². The lowest BCUT2D eigenvalue weighted by Crippen LogP contribution is -2.21. The van der Waals surface area contributed by atoms with Gasteiger partial charge in [-0.3, -0.25) is 9.59 Å². The summed E-state index contributed by atoms with van der Waals surface area (Å²) in [5.41, 5.74) is 3.02. The highest BCUT2D eigenvalue weighted by molar-refractivity contribution is 6.45. The fourth-order valence-electron chi connectivity index (χ4n) is 2.12. The molecular formula is C18H17NO3. The van der Waals surface area contributed by atoms with Crippen LogP contribution in [0, 0.1) is 13.8 Å². The quantitative estimate of drug-likeness (QED) is 0.516. The molecule has 2 aromatic rings. The number of rotatable bonds is 4. The van der Waals surface area contributed by atoms with Gasteiger partial charge in [-0.15, -0.1) is 0 Å². The molecule has 0 aliphatic carbocycles. The Morgan fingerprint density at radius 1 is 1.00 bits per heavy atom. The molecule has 0 bridgehead atoms. The van der Waals surface area contributed by atoms with E-state index < -0.39 is 11.7 Å². The molecule has 0 radical (unpaired) electrons. The lowest BCUT2D eigenvalue weighted by molar-refractivity contribution is -0.131. The Morgan fingerprint density at radius 3 is 2.18 bits per heavy atom. The van der Waals surface area contributed by atoms with E-state index in [1.807, 2.05) is 19.9 Å². The van der Waals surface area contributed by atoms with Crippen LogP contribution in [0.3, 0.4) is 0 Å². The standard InChI is InChI=1S/C18H17NO3/c1-12-8-13(2)10-15(9-12)19-18(22)17(21)11-16(20)14-6-4-3-5-7-14/h3-11,20H,1-2H3,(H,19,22). The third-order valence-corrected chi connectivity index (χ3v) is 3.04. The van der Waals surface area contributed by atoms with E-state index in [-0.39, 0.29) is 5.76 Å². The van der Waals surface area contributed by atoms with Crippen molar-refractivity contribution in [2.45, 2.75) is 13.8 Å². The number of hydrogen-bond donors (Lipinski definition) is 2. The number of carbonyl (C=O) groups excluding carboxylic acids is 2. The zero-order valence-corrected chi connectivity index (χ0v) is 12.5. The number of aliphatic hydroxyl groups excluding tert-OH is 1. The fourth-order valence-corrected chi connectivity index (χ4v) is 2.12. The van der Waals surface area contributed by atoms with Crippen molar-refractivity contribution in [3.63, 3.8) is 0 Å². The monoisotopic (exact) mass is 295 g/mol. The van der Waals surface area contributed by atoms with Crippen LogP contribution in [0.15, 0.2) is 54.6 Å². The van der Waals surface area contributed by atoms with Gasteiger partial charge in [-0.25, -0.2) is 0 Å². The van der Waals surface area contributed by atoms with E-state index in [1.165, 1.54) is 0 Å². The minimum Gasteiger partial charge on any atom is -0.507 e. The summed E-state index contributed by atoms with van der Waals surface area (Å²) in [6.07, 6.45) is 0.924. The highest BCUT2D eigenvalue weighted by Crippen LogP contribution is 2.14. The molecule has 0 aromatic heterocycles. The van der Waals surface area contributed by atoms with Crippen molar-refractivity contribution < 1.29 is 14.7 Å². The normalized spacial score (nSPS) is 11.1. The van der Waals surface area contributed by atoms with Crippen LogP contribution < -0.4 is 5.32 Å². The number of benzene rings is 2. The molecule has 4 nitrogen and oxygen atoms in total. The highest BCUT2D eigenvalue weighted by Gasteiger charge is 2.13. The smallest absolute Gasteiger partial charge is 0.296 e. The van der Waals surface area contributed by atoms with Crippen molar-refractivity contribution in [3.05, 3.63) is 71.3 Å². The molecule has 1 amide bonds. The van der Waals surface area contributed by atoms with E-state index in [2.05, 4.69) is 5.32 Å². The SMILES string of the molecule is Cc1cc(C)cc(NC(=O)C(=O)C=C(O)c2ccccc2)c1. The minimum atomic E-state index is -0.805. The maximum absolute atomic E-state index is 11.9. The molecule has 0 spiro atoms. The van der Waals surface area contributed by atoms with Gasteiger partial charge in [-0.05, 0) is 37.1 Å². The Labute approximate surface area is 129 Å². The van der Waals surface area contributed by atoms with Crippen LogP contribution in [-0.4, -0.2) is 16.8 Å². The van der Waals surface area contributed by atoms with Crippen LogP contribution in [0.25, 0.3) is 5.76 Å². The van der Waals surface area contributed by atoms with Gasteiger partial charge in [0.15, 0.2) is 0 Å². The number of aliphatic hydroxyl groups is 1. The van der Waals surface area contributed by atoms with Crippen LogP contribution in [0.4, 0.5) is 5.69 Å². The van der Waals surface area contributed by atoms with Gasteiger partial charge in [-0.1, -0.05) is 36.4 Å². The summed E-state index contributed by atoms with van der Waals surface area (Å²) in [6.45, 7) is 3.82. The topological polar surface area (TPSA) is 66.4 Å². The number of nitrogens with one attached hydrogen (secondary N) is 1. The predicted octanol–water partition coefficient (Wildman–Crippen LogP) is 3.41. The molecule has 112 valence electrons. The van der Waals surface area contributed by atoms with Crippen molar-refractivity contribution in [1.82, 2.24) is 0 Å². The fraction of sp³-hybridized carbons (Fsp3) is 0.111. The van der Waals surface area contributed by atoms with Crippen LogP contribution >= 0.6 is 0 Å². The van der Waals surface area contributed by atoms with Crippen LogP contribution in [-0.2, 0) is 9.59 Å². The molecule has 0 unspecified atom stereocenters. The van der Waals surface area contributed by atoms with E-state index in [0.717, 1.165) is 17.2 Å². The lowest BCUT2D eigenvalue weighted by Gasteiger charge is -2.06. The van der Waals surface area contributed by atoms with E-state index in [1.54, 1.807) is 42.5 Å². The second kappa shape index (κ2) is 6.72. The van der Waals surface area contributed by atoms with Crippen molar-refractivity contribution in [2.24, 2.45) is 0 Å². The third kappa shape index (κ3) is 4.06. The van der Waals surface area contributed by atoms with Crippen molar-refractivity contribution >= 4 is 23.1 Å². The molecule has 0 saturated heterocycles. The maximum atomic E-state index is 11.9. The summed E-state index contributed by atoms with van der Waals surface area (Å²) in [7, 11) is 0. The van der Waals surface area contributed by atoms with Crippen molar-refractivity contribution in [3.8, 4) is 0 Å². The Morgan fingerprint density at radius 2 is 1.59 bits per heavy atom. The molecule has 4 heteroatoms. The third-order valence-electron chi connectivity index (χ3n) is 3.04. The van der Waals surface area contributed by atoms with Gasteiger partial charge in [0.05, 0.1) is 0 Å². The van der Waals surface area contributed by atoms with Gasteiger partial charge in [0, 0.05) is 17.3 Å². The zero-order chi connectivity index (χ0) is 16.1. The average molecular weight is 295 g/mol. The Kier molecular flexibility index (Phi) is 4.73. The first-order chi connectivity index (χ1) is 10.5. The lowest BCUT2D eigenvalue weighted by atomic mass is 10.1. The number of ketones is 1. The summed E-state index contributed by atoms with van der Waals surface area (Å²) < 4.78 is 0. The van der Waals surface area contributed by atoms with Gasteiger partial charge in [-0.2, -0.15) is 0 Å². The Bertz CT molecular complexity index is 713. The first kappa shape index (κ1) is 15.5. The van der Waals surface area contributed by atoms with Crippen LogP contribution in [0.2, 0.25) is 0 Å². The highest BCUT2D eigenvalue weighted by atomic mass is 16.3. The van der Waals surface area contributed by atoms with Crippen molar-refractivity contribution in [1.29, 1.82) is 0 Å². The van der Waals surface area contributed by atoms with E-state index in [4.69, 9.17) is 0 Å². The summed E-state index contributed by atoms with van der Waals surface area (Å²) >= 11 is 0. The van der Waals surface area contributed by atoms with Gasteiger partial charge >= 0.3 is 0 Å². The average Bonchev–Trinajstić information content (AvgIpc) is 2.46. The predicted molar refractivity (Wildman–Crippen MR) is 86.6 cm³/mol. The Balaban J connectivity index is 2.11. The molecule has 0 saturated carbocycles. The number of carbonyl (C=O) groups is 2. The molecule has 0 heterocycles. The zero-order valence-electron chi connectivity index (χ0n) is 12.5. The summed E-state index contributed by atoms with van der Waals surface area (Å²) in [4.78, 5) is 23.7. The number of aryl methyl sites for hydroxylation is 2. The van der Waals surface area contributed by atoms with Crippen LogP contribution in [0.1, 0.15) is 16.7 Å². The first-order valence-corrected chi connectivity index (χ1v) is 6.85. The molecule has 2 rings (SSSR count). The summed E-state index contributed by atoms with van der Waals surface area (Å²) in [6, 6.07) is 14.1. The van der Waals surface area contributed by atoms with Crippen LogP contribution in [0.5, 0.6) is 0 Å².